The highest BCUT2D eigenvalue weighted by atomic mass is 32.1. The van der Waals surface area contributed by atoms with Crippen LogP contribution in [0.25, 0.3) is 0 Å². The molecule has 0 bridgehead atoms. The molecule has 0 aromatic carbocycles. The van der Waals surface area contributed by atoms with E-state index in [1.165, 1.54) is 23.3 Å². The Balaban J connectivity index is 2.10. The van der Waals surface area contributed by atoms with E-state index in [9.17, 15) is 0 Å². The van der Waals surface area contributed by atoms with Gasteiger partial charge in [-0.2, -0.15) is 0 Å². The molecule has 90 valence electrons. The monoisotopic (exact) mass is 237 g/mol. The van der Waals surface area contributed by atoms with Gasteiger partial charge in [0, 0.05) is 10.4 Å². The number of nitrogens with two attached hydrogens (primary N) is 1. The van der Waals surface area contributed by atoms with Crippen molar-refractivity contribution in [3.05, 3.63) is 21.9 Å². The van der Waals surface area contributed by atoms with Gasteiger partial charge in [-0.05, 0) is 61.5 Å². The summed E-state index contributed by atoms with van der Waals surface area (Å²) < 4.78 is 0. The lowest BCUT2D eigenvalue weighted by Crippen LogP contribution is -2.41. The largest absolute Gasteiger partial charge is 0.321 e. The Labute approximate surface area is 103 Å². The molecule has 2 rings (SSSR count). The van der Waals surface area contributed by atoms with E-state index in [-0.39, 0.29) is 5.54 Å². The van der Waals surface area contributed by atoms with Crippen LogP contribution in [0.2, 0.25) is 0 Å². The molecule has 1 nitrogen and oxygen atoms in total. The number of hydrogen-bond donors (Lipinski definition) is 1. The van der Waals surface area contributed by atoms with Crippen LogP contribution >= 0.6 is 11.3 Å². The Kier molecular flexibility index (Phi) is 3.41. The molecule has 0 spiro atoms. The normalized spacial score (nSPS) is 30.9. The van der Waals surface area contributed by atoms with Crippen LogP contribution in [-0.4, -0.2) is 0 Å². The second-order valence-corrected chi connectivity index (χ2v) is 6.75. The lowest BCUT2D eigenvalue weighted by molar-refractivity contribution is 0.196. The Morgan fingerprint density at radius 2 is 2.00 bits per heavy atom. The highest BCUT2D eigenvalue weighted by molar-refractivity contribution is 7.10. The smallest absolute Gasteiger partial charge is 0.0420 e. The predicted octanol–water partition coefficient (Wildman–Crippen LogP) is 4.06. The van der Waals surface area contributed by atoms with Crippen LogP contribution in [0, 0.1) is 18.8 Å². The van der Waals surface area contributed by atoms with Crippen molar-refractivity contribution in [3.8, 4) is 0 Å². The first kappa shape index (κ1) is 12.1. The van der Waals surface area contributed by atoms with E-state index in [1.54, 1.807) is 0 Å². The summed E-state index contributed by atoms with van der Waals surface area (Å²) in [6.45, 7) is 6.87. The lowest BCUT2D eigenvalue weighted by Gasteiger charge is -2.39. The van der Waals surface area contributed by atoms with Gasteiger partial charge in [-0.1, -0.05) is 13.8 Å². The molecule has 2 N–H and O–H groups in total. The zero-order valence-corrected chi connectivity index (χ0v) is 11.4. The summed E-state index contributed by atoms with van der Waals surface area (Å²) in [5, 5.41) is 2.17. The third-order valence-electron chi connectivity index (χ3n) is 4.26. The molecular weight excluding hydrogens is 214 g/mol. The van der Waals surface area contributed by atoms with E-state index >= 15 is 0 Å². The summed E-state index contributed by atoms with van der Waals surface area (Å²) in [4.78, 5) is 1.41. The van der Waals surface area contributed by atoms with Crippen LogP contribution in [0.5, 0.6) is 0 Å². The minimum Gasteiger partial charge on any atom is -0.321 e. The topological polar surface area (TPSA) is 26.0 Å². The number of thiophene rings is 1. The highest BCUT2D eigenvalue weighted by Crippen LogP contribution is 2.41. The SMILES string of the molecule is Cc1sccc1C1(N)CCC(C(C)C)CC1. The van der Waals surface area contributed by atoms with Gasteiger partial charge in [0.1, 0.15) is 0 Å². The fraction of sp³-hybridized carbons (Fsp3) is 0.714. The average molecular weight is 237 g/mol. The minimum atomic E-state index is -0.0323. The second kappa shape index (κ2) is 4.50. The maximum absolute atomic E-state index is 6.59. The van der Waals surface area contributed by atoms with Crippen LogP contribution in [0.15, 0.2) is 11.4 Å². The molecule has 1 saturated carbocycles. The van der Waals surface area contributed by atoms with Gasteiger partial charge in [-0.15, -0.1) is 11.3 Å². The standard InChI is InChI=1S/C14H23NS/c1-10(2)12-4-7-14(15,8-5-12)13-6-9-16-11(13)3/h6,9-10,12H,4-5,7-8,15H2,1-3H3. The van der Waals surface area contributed by atoms with Crippen LogP contribution in [-0.2, 0) is 5.54 Å². The van der Waals surface area contributed by atoms with Gasteiger partial charge in [0.2, 0.25) is 0 Å². The molecule has 0 unspecified atom stereocenters. The fourth-order valence-electron chi connectivity index (χ4n) is 2.99. The lowest BCUT2D eigenvalue weighted by atomic mass is 9.70. The molecule has 0 radical (unpaired) electrons. The Morgan fingerprint density at radius 1 is 1.38 bits per heavy atom. The molecule has 1 aliphatic carbocycles. The Morgan fingerprint density at radius 3 is 2.44 bits per heavy atom. The van der Waals surface area contributed by atoms with Gasteiger partial charge in [0.15, 0.2) is 0 Å². The summed E-state index contributed by atoms with van der Waals surface area (Å²) in [6, 6.07) is 2.23. The molecule has 0 aliphatic heterocycles. The molecule has 1 fully saturated rings. The third kappa shape index (κ3) is 2.18. The Bertz CT molecular complexity index is 345. The molecule has 2 heteroatoms. The maximum atomic E-state index is 6.59. The van der Waals surface area contributed by atoms with E-state index in [2.05, 4.69) is 32.2 Å². The van der Waals surface area contributed by atoms with Crippen molar-refractivity contribution in [2.75, 3.05) is 0 Å². The summed E-state index contributed by atoms with van der Waals surface area (Å²) in [7, 11) is 0. The van der Waals surface area contributed by atoms with Gasteiger partial charge >= 0.3 is 0 Å². The average Bonchev–Trinajstić information content (AvgIpc) is 2.66. The summed E-state index contributed by atoms with van der Waals surface area (Å²) in [5.74, 6) is 1.70. The summed E-state index contributed by atoms with van der Waals surface area (Å²) >= 11 is 1.82. The van der Waals surface area contributed by atoms with E-state index in [0.717, 1.165) is 24.7 Å². The first-order chi connectivity index (χ1) is 7.53. The fourth-order valence-corrected chi connectivity index (χ4v) is 3.80. The molecule has 1 aromatic heterocycles. The maximum Gasteiger partial charge on any atom is 0.0420 e. The predicted molar refractivity (Wildman–Crippen MR) is 71.7 cm³/mol. The quantitative estimate of drug-likeness (QED) is 0.825. The van der Waals surface area contributed by atoms with Crippen molar-refractivity contribution in [1.82, 2.24) is 0 Å². The first-order valence-corrected chi connectivity index (χ1v) is 7.24. The zero-order valence-electron chi connectivity index (χ0n) is 10.6. The van der Waals surface area contributed by atoms with E-state index in [1.807, 2.05) is 11.3 Å². The van der Waals surface area contributed by atoms with Crippen molar-refractivity contribution < 1.29 is 0 Å². The van der Waals surface area contributed by atoms with Gasteiger partial charge < -0.3 is 5.73 Å². The molecule has 0 amide bonds. The molecular formula is C14H23NS. The molecule has 1 aromatic rings. The van der Waals surface area contributed by atoms with Crippen molar-refractivity contribution >= 4 is 11.3 Å². The van der Waals surface area contributed by atoms with E-state index in [4.69, 9.17) is 5.73 Å². The van der Waals surface area contributed by atoms with Crippen LogP contribution in [0.1, 0.15) is 50.0 Å². The third-order valence-corrected chi connectivity index (χ3v) is 5.11. The number of rotatable bonds is 2. The molecule has 1 heterocycles. The van der Waals surface area contributed by atoms with Crippen LogP contribution in [0.3, 0.4) is 0 Å². The first-order valence-electron chi connectivity index (χ1n) is 6.36. The van der Waals surface area contributed by atoms with E-state index < -0.39 is 0 Å². The summed E-state index contributed by atoms with van der Waals surface area (Å²) in [6.07, 6.45) is 4.91. The minimum absolute atomic E-state index is 0.0323. The summed E-state index contributed by atoms with van der Waals surface area (Å²) in [5.41, 5.74) is 7.96. The Hall–Kier alpha value is -0.340. The number of aryl methyl sites for hydroxylation is 1. The van der Waals surface area contributed by atoms with Crippen molar-refractivity contribution in [2.45, 2.75) is 52.0 Å². The highest BCUT2D eigenvalue weighted by Gasteiger charge is 2.35. The van der Waals surface area contributed by atoms with Gasteiger partial charge in [0.25, 0.3) is 0 Å². The molecule has 1 aliphatic rings. The van der Waals surface area contributed by atoms with Crippen LogP contribution in [0.4, 0.5) is 0 Å². The molecule has 16 heavy (non-hydrogen) atoms. The molecule has 0 atom stereocenters. The molecule has 0 saturated heterocycles. The van der Waals surface area contributed by atoms with E-state index in [0.29, 0.717) is 0 Å². The van der Waals surface area contributed by atoms with Crippen molar-refractivity contribution in [1.29, 1.82) is 0 Å². The van der Waals surface area contributed by atoms with Crippen molar-refractivity contribution in [2.24, 2.45) is 17.6 Å². The van der Waals surface area contributed by atoms with Gasteiger partial charge in [0.05, 0.1) is 0 Å². The number of hydrogen-bond acceptors (Lipinski definition) is 2. The van der Waals surface area contributed by atoms with Crippen LogP contribution < -0.4 is 5.73 Å². The van der Waals surface area contributed by atoms with Gasteiger partial charge in [-0.3, -0.25) is 0 Å². The second-order valence-electron chi connectivity index (χ2n) is 5.63. The van der Waals surface area contributed by atoms with Gasteiger partial charge in [-0.25, -0.2) is 0 Å². The van der Waals surface area contributed by atoms with Crippen molar-refractivity contribution in [3.63, 3.8) is 0 Å². The zero-order chi connectivity index (χ0) is 11.8.